The standard InChI is InChI=1S/C19H19N3O6S/c1-21(11-17(23)20-15-8-3-4-9-16(15)29-2)18(24)12-28-19(25)13-6-5-7-14(10-13)22(26)27/h3-10H,11-12H2,1-2H3,(H,20,23). The Morgan fingerprint density at radius 3 is 2.59 bits per heavy atom. The molecule has 0 spiro atoms. The minimum atomic E-state index is -0.867. The molecule has 2 rings (SSSR count). The molecule has 9 nitrogen and oxygen atoms in total. The molecule has 1 N–H and O–H groups in total. The topological polar surface area (TPSA) is 119 Å². The molecule has 0 atom stereocenters. The van der Waals surface area contributed by atoms with Gasteiger partial charge in [0.15, 0.2) is 6.61 Å². The van der Waals surface area contributed by atoms with E-state index in [1.165, 1.54) is 37.0 Å². The number of para-hydroxylation sites is 1. The van der Waals surface area contributed by atoms with Gasteiger partial charge in [0.25, 0.3) is 11.6 Å². The maximum absolute atomic E-state index is 12.2. The highest BCUT2D eigenvalue weighted by molar-refractivity contribution is 7.98. The van der Waals surface area contributed by atoms with Crippen molar-refractivity contribution in [3.63, 3.8) is 0 Å². The molecule has 2 amide bonds. The van der Waals surface area contributed by atoms with E-state index in [9.17, 15) is 24.5 Å². The molecule has 29 heavy (non-hydrogen) atoms. The number of non-ortho nitro benzene ring substituents is 1. The van der Waals surface area contributed by atoms with Crippen molar-refractivity contribution in [2.45, 2.75) is 4.90 Å². The lowest BCUT2D eigenvalue weighted by molar-refractivity contribution is -0.384. The maximum Gasteiger partial charge on any atom is 0.338 e. The summed E-state index contributed by atoms with van der Waals surface area (Å²) in [5, 5.41) is 13.5. The number of nitro benzene ring substituents is 1. The van der Waals surface area contributed by atoms with Crippen molar-refractivity contribution in [3.05, 3.63) is 64.2 Å². The molecule has 0 saturated carbocycles. The lowest BCUT2D eigenvalue weighted by Gasteiger charge is -2.17. The maximum atomic E-state index is 12.2. The third-order valence-corrected chi connectivity index (χ3v) is 4.60. The van der Waals surface area contributed by atoms with Gasteiger partial charge in [-0.25, -0.2) is 4.79 Å². The van der Waals surface area contributed by atoms with Gasteiger partial charge in [-0.15, -0.1) is 11.8 Å². The first-order chi connectivity index (χ1) is 13.8. The van der Waals surface area contributed by atoms with Gasteiger partial charge >= 0.3 is 5.97 Å². The number of hydrogen-bond acceptors (Lipinski definition) is 7. The quantitative estimate of drug-likeness (QED) is 0.303. The van der Waals surface area contributed by atoms with Crippen molar-refractivity contribution < 1.29 is 24.0 Å². The average molecular weight is 417 g/mol. The molecule has 0 bridgehead atoms. The van der Waals surface area contributed by atoms with Gasteiger partial charge in [-0.2, -0.15) is 0 Å². The number of esters is 1. The summed E-state index contributed by atoms with van der Waals surface area (Å²) in [5.74, 6) is -1.85. The van der Waals surface area contributed by atoms with Crippen LogP contribution in [-0.2, 0) is 14.3 Å². The minimum Gasteiger partial charge on any atom is -0.452 e. The van der Waals surface area contributed by atoms with Crippen molar-refractivity contribution >= 4 is 40.9 Å². The third kappa shape index (κ3) is 6.32. The molecule has 0 saturated heterocycles. The number of carbonyl (C=O) groups excluding carboxylic acids is 3. The van der Waals surface area contributed by atoms with E-state index in [4.69, 9.17) is 4.74 Å². The molecular formula is C19H19N3O6S. The van der Waals surface area contributed by atoms with Crippen molar-refractivity contribution in [1.82, 2.24) is 4.90 Å². The first-order valence-corrected chi connectivity index (χ1v) is 9.62. The molecule has 0 radical (unpaired) electrons. The monoisotopic (exact) mass is 417 g/mol. The lowest BCUT2D eigenvalue weighted by atomic mass is 10.2. The van der Waals surface area contributed by atoms with Gasteiger partial charge in [0.1, 0.15) is 0 Å². The van der Waals surface area contributed by atoms with Crippen LogP contribution in [0.15, 0.2) is 53.4 Å². The normalized spacial score (nSPS) is 10.1. The fourth-order valence-corrected chi connectivity index (χ4v) is 2.86. The third-order valence-electron chi connectivity index (χ3n) is 3.81. The number of rotatable bonds is 8. The number of nitrogens with one attached hydrogen (secondary N) is 1. The highest BCUT2D eigenvalue weighted by atomic mass is 32.2. The zero-order valence-corrected chi connectivity index (χ0v) is 16.6. The summed E-state index contributed by atoms with van der Waals surface area (Å²) >= 11 is 1.48. The van der Waals surface area contributed by atoms with Crippen molar-refractivity contribution in [1.29, 1.82) is 0 Å². The fraction of sp³-hybridized carbons (Fsp3) is 0.211. The molecule has 0 aliphatic rings. The summed E-state index contributed by atoms with van der Waals surface area (Å²) in [6.07, 6.45) is 1.89. The molecule has 0 aliphatic heterocycles. The van der Waals surface area contributed by atoms with Gasteiger partial charge in [-0.1, -0.05) is 18.2 Å². The van der Waals surface area contributed by atoms with Gasteiger partial charge in [0.05, 0.1) is 22.7 Å². The number of likely N-dealkylation sites (N-methyl/N-ethyl adjacent to an activating group) is 1. The van der Waals surface area contributed by atoms with E-state index in [0.29, 0.717) is 5.69 Å². The van der Waals surface area contributed by atoms with Crippen LogP contribution in [0.3, 0.4) is 0 Å². The molecule has 2 aromatic carbocycles. The fourth-order valence-electron chi connectivity index (χ4n) is 2.31. The molecule has 0 aliphatic carbocycles. The Balaban J connectivity index is 1.87. The van der Waals surface area contributed by atoms with Crippen LogP contribution in [0, 0.1) is 10.1 Å². The van der Waals surface area contributed by atoms with Crippen molar-refractivity contribution in [2.75, 3.05) is 31.8 Å². The molecule has 0 aromatic heterocycles. The number of nitro groups is 1. The van der Waals surface area contributed by atoms with Crippen LogP contribution in [0.4, 0.5) is 11.4 Å². The van der Waals surface area contributed by atoms with Crippen LogP contribution < -0.4 is 5.32 Å². The predicted octanol–water partition coefficient (Wildman–Crippen LogP) is 2.57. The minimum absolute atomic E-state index is 0.0407. The highest BCUT2D eigenvalue weighted by Gasteiger charge is 2.18. The number of benzene rings is 2. The van der Waals surface area contributed by atoms with Crippen LogP contribution in [0.1, 0.15) is 10.4 Å². The second-order valence-corrected chi connectivity index (χ2v) is 6.73. The van der Waals surface area contributed by atoms with Crippen molar-refractivity contribution in [3.8, 4) is 0 Å². The Hall–Kier alpha value is -3.40. The number of nitrogens with zero attached hydrogens (tertiary/aromatic N) is 2. The number of amides is 2. The van der Waals surface area contributed by atoms with Gasteiger partial charge in [0.2, 0.25) is 5.91 Å². The zero-order valence-electron chi connectivity index (χ0n) is 15.8. The number of carbonyl (C=O) groups is 3. The predicted molar refractivity (Wildman–Crippen MR) is 108 cm³/mol. The Kier molecular flexibility index (Phi) is 7.72. The first kappa shape index (κ1) is 21.9. The first-order valence-electron chi connectivity index (χ1n) is 8.40. The summed E-state index contributed by atoms with van der Waals surface area (Å²) in [5.41, 5.74) is 0.342. The molecule has 0 fully saturated rings. The van der Waals surface area contributed by atoms with Crippen LogP contribution in [0.2, 0.25) is 0 Å². The van der Waals surface area contributed by atoms with E-state index in [-0.39, 0.29) is 17.8 Å². The van der Waals surface area contributed by atoms with Gasteiger partial charge in [-0.3, -0.25) is 19.7 Å². The Morgan fingerprint density at radius 1 is 1.17 bits per heavy atom. The number of ether oxygens (including phenoxy) is 1. The van der Waals surface area contributed by atoms with Crippen LogP contribution in [-0.4, -0.2) is 54.1 Å². The molecular weight excluding hydrogens is 398 g/mol. The van der Waals surface area contributed by atoms with E-state index in [2.05, 4.69) is 5.32 Å². The van der Waals surface area contributed by atoms with E-state index < -0.39 is 29.3 Å². The van der Waals surface area contributed by atoms with Gasteiger partial charge < -0.3 is 15.0 Å². The number of anilines is 1. The van der Waals surface area contributed by atoms with Gasteiger partial charge in [-0.05, 0) is 24.5 Å². The lowest BCUT2D eigenvalue weighted by Crippen LogP contribution is -2.37. The molecule has 2 aromatic rings. The zero-order chi connectivity index (χ0) is 21.4. The van der Waals surface area contributed by atoms with E-state index >= 15 is 0 Å². The Morgan fingerprint density at radius 2 is 1.90 bits per heavy atom. The summed E-state index contributed by atoms with van der Waals surface area (Å²) in [4.78, 5) is 48.4. The summed E-state index contributed by atoms with van der Waals surface area (Å²) < 4.78 is 4.89. The van der Waals surface area contributed by atoms with Crippen LogP contribution in [0.25, 0.3) is 0 Å². The summed E-state index contributed by atoms with van der Waals surface area (Å²) in [6.45, 7) is -0.817. The molecule has 10 heteroatoms. The number of thioether (sulfide) groups is 1. The van der Waals surface area contributed by atoms with Crippen molar-refractivity contribution in [2.24, 2.45) is 0 Å². The van der Waals surface area contributed by atoms with E-state index in [1.54, 1.807) is 12.1 Å². The Bertz CT molecular complexity index is 934. The second-order valence-electron chi connectivity index (χ2n) is 5.88. The Labute approximate surface area is 171 Å². The molecule has 0 unspecified atom stereocenters. The van der Waals surface area contributed by atoms with Crippen LogP contribution >= 0.6 is 11.8 Å². The smallest absolute Gasteiger partial charge is 0.338 e. The second kappa shape index (κ2) is 10.2. The van der Waals surface area contributed by atoms with E-state index in [0.717, 1.165) is 15.9 Å². The molecule has 0 heterocycles. The van der Waals surface area contributed by atoms with E-state index in [1.807, 2.05) is 18.4 Å². The summed E-state index contributed by atoms with van der Waals surface area (Å²) in [7, 11) is 1.41. The largest absolute Gasteiger partial charge is 0.452 e. The molecule has 152 valence electrons. The number of hydrogen-bond donors (Lipinski definition) is 1. The average Bonchev–Trinajstić information content (AvgIpc) is 2.71. The highest BCUT2D eigenvalue weighted by Crippen LogP contribution is 2.24. The SMILES string of the molecule is CSc1ccccc1NC(=O)CN(C)C(=O)COC(=O)c1cccc([N+](=O)[O-])c1. The van der Waals surface area contributed by atoms with Crippen LogP contribution in [0.5, 0.6) is 0 Å². The summed E-state index contributed by atoms with van der Waals surface area (Å²) in [6, 6.07) is 12.3. The van der Waals surface area contributed by atoms with Gasteiger partial charge in [0, 0.05) is 24.1 Å².